The van der Waals surface area contributed by atoms with Gasteiger partial charge in [0.2, 0.25) is 0 Å². The number of nitrogens with zero attached hydrogens (tertiary/aromatic N) is 4. The fourth-order valence-corrected chi connectivity index (χ4v) is 3.16. The molecule has 7 heteroatoms. The summed E-state index contributed by atoms with van der Waals surface area (Å²) >= 11 is 6.37. The van der Waals surface area contributed by atoms with Crippen molar-refractivity contribution in [2.75, 3.05) is 24.5 Å². The Morgan fingerprint density at radius 2 is 1.84 bits per heavy atom. The van der Waals surface area contributed by atoms with Crippen molar-refractivity contribution in [3.8, 4) is 0 Å². The van der Waals surface area contributed by atoms with Gasteiger partial charge in [0.15, 0.2) is 11.0 Å². The highest BCUT2D eigenvalue weighted by atomic mass is 35.5. The van der Waals surface area contributed by atoms with Gasteiger partial charge in [-0.15, -0.1) is 0 Å². The van der Waals surface area contributed by atoms with Crippen LogP contribution in [0.3, 0.4) is 0 Å². The van der Waals surface area contributed by atoms with E-state index in [2.05, 4.69) is 14.9 Å². The molecule has 1 aromatic heterocycles. The molecule has 1 amide bonds. The van der Waals surface area contributed by atoms with Crippen LogP contribution in [0.15, 0.2) is 24.3 Å². The number of para-hydroxylation sites is 2. The number of benzene rings is 1. The van der Waals surface area contributed by atoms with Gasteiger partial charge in [0.05, 0.1) is 11.0 Å². The normalized spacial score (nSPS) is 18.5. The van der Waals surface area contributed by atoms with Crippen LogP contribution in [0.4, 0.5) is 10.6 Å². The molecule has 1 atom stereocenters. The van der Waals surface area contributed by atoms with Gasteiger partial charge in [0, 0.05) is 25.7 Å². The first-order chi connectivity index (χ1) is 11.7. The Balaban J connectivity index is 1.78. The van der Waals surface area contributed by atoms with Gasteiger partial charge < -0.3 is 14.5 Å². The first kappa shape index (κ1) is 17.7. The average Bonchev–Trinajstić information content (AvgIpc) is 2.53. The smallest absolute Gasteiger partial charge is 0.410 e. The Morgan fingerprint density at radius 3 is 2.44 bits per heavy atom. The van der Waals surface area contributed by atoms with Crippen molar-refractivity contribution in [1.29, 1.82) is 0 Å². The number of hydrogen-bond donors (Lipinski definition) is 0. The molecule has 1 aliphatic heterocycles. The lowest BCUT2D eigenvalue weighted by atomic mass is 10.2. The largest absolute Gasteiger partial charge is 0.444 e. The van der Waals surface area contributed by atoms with Crippen LogP contribution in [0.1, 0.15) is 27.7 Å². The summed E-state index contributed by atoms with van der Waals surface area (Å²) in [6.45, 7) is 9.40. The minimum atomic E-state index is -0.495. The number of fused-ring (bicyclic) bond motifs is 1. The molecule has 0 unspecified atom stereocenters. The van der Waals surface area contributed by atoms with E-state index in [-0.39, 0.29) is 12.1 Å². The maximum atomic E-state index is 12.3. The second-order valence-corrected chi connectivity index (χ2v) is 7.65. The van der Waals surface area contributed by atoms with E-state index in [1.807, 2.05) is 52.0 Å². The molecule has 134 valence electrons. The molecule has 2 aromatic rings. The zero-order valence-corrected chi connectivity index (χ0v) is 15.7. The van der Waals surface area contributed by atoms with Crippen molar-refractivity contribution in [2.24, 2.45) is 0 Å². The molecule has 0 bridgehead atoms. The molecule has 3 rings (SSSR count). The molecule has 0 N–H and O–H groups in total. The Labute approximate surface area is 152 Å². The first-order valence-corrected chi connectivity index (χ1v) is 8.79. The number of anilines is 1. The van der Waals surface area contributed by atoms with Crippen LogP contribution in [0.5, 0.6) is 0 Å². The Bertz CT molecular complexity index is 790. The quantitative estimate of drug-likeness (QED) is 0.773. The van der Waals surface area contributed by atoms with E-state index in [4.69, 9.17) is 16.3 Å². The molecule has 25 heavy (non-hydrogen) atoms. The maximum Gasteiger partial charge on any atom is 0.410 e. The van der Waals surface area contributed by atoms with E-state index in [1.54, 1.807) is 4.90 Å². The number of hydrogen-bond acceptors (Lipinski definition) is 5. The Morgan fingerprint density at radius 1 is 1.20 bits per heavy atom. The van der Waals surface area contributed by atoms with Crippen LogP contribution in [0.2, 0.25) is 5.15 Å². The summed E-state index contributed by atoms with van der Waals surface area (Å²) in [5.74, 6) is 0.664. The van der Waals surface area contributed by atoms with Gasteiger partial charge in [0.1, 0.15) is 5.60 Å². The second-order valence-electron chi connectivity index (χ2n) is 7.30. The molecule has 1 aliphatic rings. The van der Waals surface area contributed by atoms with E-state index < -0.39 is 5.60 Å². The standard InChI is InChI=1S/C18H23ClN4O2/c1-12-11-22(17(24)25-18(2,3)4)9-10-23(12)16-15(19)20-13-7-5-6-8-14(13)21-16/h5-8,12H,9-11H2,1-4H3/t12-/m0/s1. The lowest BCUT2D eigenvalue weighted by Gasteiger charge is -2.40. The third-order valence-electron chi connectivity index (χ3n) is 4.06. The summed E-state index contributed by atoms with van der Waals surface area (Å²) in [7, 11) is 0. The zero-order chi connectivity index (χ0) is 18.2. The highest BCUT2D eigenvalue weighted by Crippen LogP contribution is 2.28. The van der Waals surface area contributed by atoms with Crippen molar-refractivity contribution in [2.45, 2.75) is 39.3 Å². The third-order valence-corrected chi connectivity index (χ3v) is 4.32. The number of rotatable bonds is 1. The van der Waals surface area contributed by atoms with E-state index in [0.29, 0.717) is 30.6 Å². The van der Waals surface area contributed by atoms with Crippen molar-refractivity contribution in [3.63, 3.8) is 0 Å². The number of aromatic nitrogens is 2. The predicted molar refractivity (Wildman–Crippen MR) is 99.2 cm³/mol. The fraction of sp³-hybridized carbons (Fsp3) is 0.500. The van der Waals surface area contributed by atoms with Crippen molar-refractivity contribution >= 4 is 34.5 Å². The summed E-state index contributed by atoms with van der Waals surface area (Å²) in [5.41, 5.74) is 1.09. The zero-order valence-electron chi connectivity index (χ0n) is 15.0. The highest BCUT2D eigenvalue weighted by Gasteiger charge is 2.31. The van der Waals surface area contributed by atoms with Crippen LogP contribution in [-0.4, -0.2) is 52.2 Å². The number of amides is 1. The maximum absolute atomic E-state index is 12.3. The van der Waals surface area contributed by atoms with Crippen molar-refractivity contribution in [3.05, 3.63) is 29.4 Å². The SMILES string of the molecule is C[C@H]1CN(C(=O)OC(C)(C)C)CCN1c1nc2ccccc2nc1Cl. The monoisotopic (exact) mass is 362 g/mol. The molecule has 1 aromatic carbocycles. The molecule has 1 saturated heterocycles. The molecule has 0 spiro atoms. The predicted octanol–water partition coefficient (Wildman–Crippen LogP) is 3.73. The van der Waals surface area contributed by atoms with Gasteiger partial charge in [0.25, 0.3) is 0 Å². The van der Waals surface area contributed by atoms with Crippen LogP contribution in [0.25, 0.3) is 11.0 Å². The molecule has 6 nitrogen and oxygen atoms in total. The summed E-state index contributed by atoms with van der Waals surface area (Å²) in [5, 5.41) is 0.385. The molecule has 1 fully saturated rings. The number of carbonyl (C=O) groups is 1. The third kappa shape index (κ3) is 3.95. The van der Waals surface area contributed by atoms with Crippen molar-refractivity contribution < 1.29 is 9.53 Å². The van der Waals surface area contributed by atoms with E-state index in [0.717, 1.165) is 11.0 Å². The van der Waals surface area contributed by atoms with Crippen LogP contribution >= 0.6 is 11.6 Å². The molecule has 2 heterocycles. The van der Waals surface area contributed by atoms with Gasteiger partial charge in [-0.3, -0.25) is 0 Å². The average molecular weight is 363 g/mol. The van der Waals surface area contributed by atoms with Gasteiger partial charge in [-0.25, -0.2) is 14.8 Å². The van der Waals surface area contributed by atoms with Gasteiger partial charge >= 0.3 is 6.09 Å². The van der Waals surface area contributed by atoms with E-state index >= 15 is 0 Å². The molecule has 0 saturated carbocycles. The second kappa shape index (κ2) is 6.67. The number of halogens is 1. The minimum Gasteiger partial charge on any atom is -0.444 e. The van der Waals surface area contributed by atoms with E-state index in [9.17, 15) is 4.79 Å². The summed E-state index contributed by atoms with van der Waals surface area (Å²) in [6, 6.07) is 7.72. The topological polar surface area (TPSA) is 58.6 Å². The lowest BCUT2D eigenvalue weighted by Crippen LogP contribution is -2.55. The summed E-state index contributed by atoms with van der Waals surface area (Å²) in [4.78, 5) is 25.2. The molecular formula is C18H23ClN4O2. The first-order valence-electron chi connectivity index (χ1n) is 8.41. The summed E-state index contributed by atoms with van der Waals surface area (Å²) < 4.78 is 5.46. The fourth-order valence-electron chi connectivity index (χ4n) is 2.92. The lowest BCUT2D eigenvalue weighted by molar-refractivity contribution is 0.0218. The number of ether oxygens (including phenoxy) is 1. The van der Waals surface area contributed by atoms with Gasteiger partial charge in [-0.2, -0.15) is 0 Å². The Kier molecular flexibility index (Phi) is 4.73. The highest BCUT2D eigenvalue weighted by molar-refractivity contribution is 6.32. The molecular weight excluding hydrogens is 340 g/mol. The van der Waals surface area contributed by atoms with E-state index in [1.165, 1.54) is 0 Å². The van der Waals surface area contributed by atoms with Crippen LogP contribution in [-0.2, 0) is 4.74 Å². The molecule has 0 radical (unpaired) electrons. The minimum absolute atomic E-state index is 0.0641. The van der Waals surface area contributed by atoms with Crippen LogP contribution < -0.4 is 4.90 Å². The molecule has 0 aliphatic carbocycles. The summed E-state index contributed by atoms with van der Waals surface area (Å²) in [6.07, 6.45) is -0.283. The van der Waals surface area contributed by atoms with Crippen LogP contribution in [0, 0.1) is 0 Å². The van der Waals surface area contributed by atoms with Crippen molar-refractivity contribution in [1.82, 2.24) is 14.9 Å². The number of piperazine rings is 1. The Hall–Kier alpha value is -2.08. The van der Waals surface area contributed by atoms with Gasteiger partial charge in [-0.05, 0) is 39.8 Å². The number of carbonyl (C=O) groups excluding carboxylic acids is 1. The van der Waals surface area contributed by atoms with Gasteiger partial charge in [-0.1, -0.05) is 23.7 Å².